The van der Waals surface area contributed by atoms with Crippen LogP contribution in [0.1, 0.15) is 15.9 Å². The predicted molar refractivity (Wildman–Crippen MR) is 82.8 cm³/mol. The molecule has 0 fully saturated rings. The van der Waals surface area contributed by atoms with E-state index in [2.05, 4.69) is 4.98 Å². The van der Waals surface area contributed by atoms with Crippen molar-refractivity contribution in [3.8, 4) is 0 Å². The molecule has 100 valence electrons. The number of hydrogen-bond donors (Lipinski definition) is 1. The highest BCUT2D eigenvalue weighted by Crippen LogP contribution is 2.28. The molecule has 0 saturated carbocycles. The summed E-state index contributed by atoms with van der Waals surface area (Å²) in [6, 6.07) is 12.9. The number of Topliss-reactive ketones (excluding diaryl/α,β-unsaturated/α-hetero) is 1. The van der Waals surface area contributed by atoms with Gasteiger partial charge in [0.1, 0.15) is 0 Å². The smallest absolute Gasteiger partial charge is 0.169 e. The topological polar surface area (TPSA) is 32.9 Å². The Labute approximate surface area is 126 Å². The Hall–Kier alpha value is -1.77. The molecule has 2 aromatic carbocycles. The standard InChI is InChI=1S/C16H11Cl2NO/c17-12-5-2-1-4-10(12)8-15(20)11-9-19-14-7-3-6-13(18)16(11)14/h1-7,9,19H,8H2. The molecule has 0 radical (unpaired) electrons. The number of carbonyl (C=O) groups is 1. The summed E-state index contributed by atoms with van der Waals surface area (Å²) in [6.07, 6.45) is 1.97. The molecule has 0 aliphatic rings. The Morgan fingerprint density at radius 2 is 1.75 bits per heavy atom. The van der Waals surface area contributed by atoms with E-state index in [9.17, 15) is 4.79 Å². The molecule has 3 aromatic rings. The van der Waals surface area contributed by atoms with Crippen molar-refractivity contribution in [3.05, 3.63) is 69.8 Å². The summed E-state index contributed by atoms with van der Waals surface area (Å²) in [4.78, 5) is 15.5. The molecule has 1 heterocycles. The highest BCUT2D eigenvalue weighted by Gasteiger charge is 2.15. The van der Waals surface area contributed by atoms with Crippen LogP contribution < -0.4 is 0 Å². The summed E-state index contributed by atoms with van der Waals surface area (Å²) >= 11 is 12.3. The second kappa shape index (κ2) is 5.31. The zero-order valence-electron chi connectivity index (χ0n) is 10.5. The van der Waals surface area contributed by atoms with Crippen molar-refractivity contribution in [3.63, 3.8) is 0 Å². The van der Waals surface area contributed by atoms with Crippen molar-refractivity contribution in [2.75, 3.05) is 0 Å². The Balaban J connectivity index is 2.00. The lowest BCUT2D eigenvalue weighted by molar-refractivity contribution is 0.0994. The average molecular weight is 304 g/mol. The number of ketones is 1. The Bertz CT molecular complexity index is 792. The van der Waals surface area contributed by atoms with Gasteiger partial charge in [0, 0.05) is 34.1 Å². The maximum atomic E-state index is 12.5. The van der Waals surface area contributed by atoms with Crippen LogP contribution in [0, 0.1) is 0 Å². The van der Waals surface area contributed by atoms with E-state index in [0.717, 1.165) is 16.5 Å². The Kier molecular flexibility index (Phi) is 3.51. The summed E-state index contributed by atoms with van der Waals surface area (Å²) in [5, 5.41) is 1.95. The number of fused-ring (bicyclic) bond motifs is 1. The highest BCUT2D eigenvalue weighted by molar-refractivity contribution is 6.37. The first kappa shape index (κ1) is 13.2. The van der Waals surface area contributed by atoms with Gasteiger partial charge in [-0.3, -0.25) is 4.79 Å². The fraction of sp³-hybridized carbons (Fsp3) is 0.0625. The third-order valence-electron chi connectivity index (χ3n) is 3.26. The molecule has 0 spiro atoms. The minimum Gasteiger partial charge on any atom is -0.360 e. The molecule has 1 aromatic heterocycles. The molecule has 0 atom stereocenters. The van der Waals surface area contributed by atoms with Gasteiger partial charge in [0.05, 0.1) is 5.02 Å². The summed E-state index contributed by atoms with van der Waals surface area (Å²) in [5.41, 5.74) is 2.28. The van der Waals surface area contributed by atoms with E-state index < -0.39 is 0 Å². The molecule has 0 bridgehead atoms. The number of halogens is 2. The Morgan fingerprint density at radius 1 is 1.00 bits per heavy atom. The molecular formula is C16H11Cl2NO. The molecule has 3 rings (SSSR count). The Morgan fingerprint density at radius 3 is 2.55 bits per heavy atom. The van der Waals surface area contributed by atoms with Crippen molar-refractivity contribution in [1.82, 2.24) is 4.98 Å². The van der Waals surface area contributed by atoms with Gasteiger partial charge in [-0.2, -0.15) is 0 Å². The van der Waals surface area contributed by atoms with E-state index in [0.29, 0.717) is 15.6 Å². The number of rotatable bonds is 3. The molecule has 0 saturated heterocycles. The van der Waals surface area contributed by atoms with Gasteiger partial charge in [0.25, 0.3) is 0 Å². The summed E-state index contributed by atoms with van der Waals surface area (Å²) < 4.78 is 0. The van der Waals surface area contributed by atoms with Crippen LogP contribution in [0.25, 0.3) is 10.9 Å². The number of H-pyrrole nitrogens is 1. The second-order valence-electron chi connectivity index (χ2n) is 4.56. The maximum absolute atomic E-state index is 12.5. The summed E-state index contributed by atoms with van der Waals surface area (Å²) in [5.74, 6) is -0.00236. The van der Waals surface area contributed by atoms with Gasteiger partial charge >= 0.3 is 0 Å². The fourth-order valence-electron chi connectivity index (χ4n) is 2.27. The molecule has 0 unspecified atom stereocenters. The molecular weight excluding hydrogens is 293 g/mol. The van der Waals surface area contributed by atoms with Crippen LogP contribution in [-0.2, 0) is 6.42 Å². The quantitative estimate of drug-likeness (QED) is 0.686. The molecule has 2 nitrogen and oxygen atoms in total. The van der Waals surface area contributed by atoms with E-state index in [4.69, 9.17) is 23.2 Å². The maximum Gasteiger partial charge on any atom is 0.169 e. The van der Waals surface area contributed by atoms with Gasteiger partial charge < -0.3 is 4.98 Å². The summed E-state index contributed by atoms with van der Waals surface area (Å²) in [7, 11) is 0. The van der Waals surface area contributed by atoms with Gasteiger partial charge in [0.2, 0.25) is 0 Å². The van der Waals surface area contributed by atoms with E-state index in [1.165, 1.54) is 0 Å². The molecule has 0 aliphatic heterocycles. The lowest BCUT2D eigenvalue weighted by atomic mass is 10.0. The zero-order chi connectivity index (χ0) is 14.1. The average Bonchev–Trinajstić information content (AvgIpc) is 2.87. The number of carbonyl (C=O) groups excluding carboxylic acids is 1. The minimum atomic E-state index is -0.00236. The zero-order valence-corrected chi connectivity index (χ0v) is 12.0. The van der Waals surface area contributed by atoms with Crippen LogP contribution in [0.5, 0.6) is 0 Å². The van der Waals surface area contributed by atoms with Crippen LogP contribution in [0.3, 0.4) is 0 Å². The SMILES string of the molecule is O=C(Cc1ccccc1Cl)c1c[nH]c2cccc(Cl)c12. The van der Waals surface area contributed by atoms with Crippen LogP contribution in [0.4, 0.5) is 0 Å². The number of benzene rings is 2. The van der Waals surface area contributed by atoms with E-state index in [1.54, 1.807) is 18.3 Å². The number of aromatic nitrogens is 1. The van der Waals surface area contributed by atoms with Gasteiger partial charge in [-0.25, -0.2) is 0 Å². The van der Waals surface area contributed by atoms with Crippen molar-refractivity contribution >= 4 is 39.9 Å². The van der Waals surface area contributed by atoms with Gasteiger partial charge in [-0.15, -0.1) is 0 Å². The molecule has 0 aliphatic carbocycles. The van der Waals surface area contributed by atoms with Crippen LogP contribution in [0.15, 0.2) is 48.7 Å². The van der Waals surface area contributed by atoms with Gasteiger partial charge in [-0.1, -0.05) is 47.5 Å². The minimum absolute atomic E-state index is 0.00236. The lowest BCUT2D eigenvalue weighted by Crippen LogP contribution is -2.03. The third-order valence-corrected chi connectivity index (χ3v) is 3.95. The molecule has 4 heteroatoms. The first-order chi connectivity index (χ1) is 9.66. The van der Waals surface area contributed by atoms with Gasteiger partial charge in [-0.05, 0) is 23.8 Å². The second-order valence-corrected chi connectivity index (χ2v) is 5.37. The first-order valence-corrected chi connectivity index (χ1v) is 6.94. The van der Waals surface area contributed by atoms with Crippen molar-refractivity contribution < 1.29 is 4.79 Å². The number of nitrogens with one attached hydrogen (secondary N) is 1. The third kappa shape index (κ3) is 2.33. The van der Waals surface area contributed by atoms with Crippen molar-refractivity contribution in [2.24, 2.45) is 0 Å². The van der Waals surface area contributed by atoms with E-state index in [-0.39, 0.29) is 12.2 Å². The fourth-order valence-corrected chi connectivity index (χ4v) is 2.75. The molecule has 0 amide bonds. The molecule has 20 heavy (non-hydrogen) atoms. The van der Waals surface area contributed by atoms with Crippen molar-refractivity contribution in [2.45, 2.75) is 6.42 Å². The lowest BCUT2D eigenvalue weighted by Gasteiger charge is -2.03. The highest BCUT2D eigenvalue weighted by atomic mass is 35.5. The monoisotopic (exact) mass is 303 g/mol. The number of hydrogen-bond acceptors (Lipinski definition) is 1. The summed E-state index contributed by atoms with van der Waals surface area (Å²) in [6.45, 7) is 0. The van der Waals surface area contributed by atoms with Crippen molar-refractivity contribution in [1.29, 1.82) is 0 Å². The number of aromatic amines is 1. The van der Waals surface area contributed by atoms with E-state index >= 15 is 0 Å². The van der Waals surface area contributed by atoms with E-state index in [1.807, 2.05) is 30.3 Å². The normalized spacial score (nSPS) is 10.9. The van der Waals surface area contributed by atoms with Crippen LogP contribution in [0.2, 0.25) is 10.0 Å². The van der Waals surface area contributed by atoms with Crippen LogP contribution >= 0.6 is 23.2 Å². The van der Waals surface area contributed by atoms with Crippen LogP contribution in [-0.4, -0.2) is 10.8 Å². The largest absolute Gasteiger partial charge is 0.360 e. The van der Waals surface area contributed by atoms with Gasteiger partial charge in [0.15, 0.2) is 5.78 Å². The molecule has 1 N–H and O–H groups in total. The predicted octanol–water partition coefficient (Wildman–Crippen LogP) is 4.90. The first-order valence-electron chi connectivity index (χ1n) is 6.19.